The Hall–Kier alpha value is -0.890. The Kier molecular flexibility index (Phi) is 3.14. The number of hydrogen-bond donors (Lipinski definition) is 0. The second kappa shape index (κ2) is 4.56. The van der Waals surface area contributed by atoms with Crippen LogP contribution in [-0.4, -0.2) is 30.0 Å². The van der Waals surface area contributed by atoms with Gasteiger partial charge in [-0.25, -0.2) is 0 Å². The molecule has 0 saturated carbocycles. The average Bonchev–Trinajstić information content (AvgIpc) is 2.63. The Balaban J connectivity index is 1.78. The summed E-state index contributed by atoms with van der Waals surface area (Å²) < 4.78 is 0. The van der Waals surface area contributed by atoms with E-state index in [1.165, 1.54) is 31.6 Å². The molecule has 1 atom stereocenters. The lowest BCUT2D eigenvalue weighted by molar-refractivity contribution is 0.387. The summed E-state index contributed by atoms with van der Waals surface area (Å²) in [4.78, 5) is 6.76. The molecule has 1 aliphatic heterocycles. The summed E-state index contributed by atoms with van der Waals surface area (Å²) in [6.45, 7) is 2.54. The van der Waals surface area contributed by atoms with Crippen LogP contribution < -0.4 is 0 Å². The summed E-state index contributed by atoms with van der Waals surface area (Å²) in [5.41, 5.74) is 1.24. The van der Waals surface area contributed by atoms with Crippen LogP contribution in [0.4, 0.5) is 0 Å². The highest BCUT2D eigenvalue weighted by molar-refractivity contribution is 5.03. The lowest BCUT2D eigenvalue weighted by Crippen LogP contribution is -2.14. The highest BCUT2D eigenvalue weighted by Crippen LogP contribution is 2.19. The lowest BCUT2D eigenvalue weighted by atomic mass is 10.0. The molecule has 2 heterocycles. The van der Waals surface area contributed by atoms with E-state index in [-0.39, 0.29) is 0 Å². The van der Waals surface area contributed by atoms with Gasteiger partial charge in [0.15, 0.2) is 0 Å². The van der Waals surface area contributed by atoms with Gasteiger partial charge >= 0.3 is 0 Å². The van der Waals surface area contributed by atoms with Crippen molar-refractivity contribution >= 4 is 0 Å². The average molecular weight is 190 g/mol. The van der Waals surface area contributed by atoms with E-state index in [1.807, 2.05) is 12.3 Å². The molecule has 0 amide bonds. The van der Waals surface area contributed by atoms with Crippen molar-refractivity contribution in [3.8, 4) is 0 Å². The van der Waals surface area contributed by atoms with Crippen LogP contribution in [0.15, 0.2) is 24.4 Å². The Morgan fingerprint density at radius 2 is 2.43 bits per heavy atom. The van der Waals surface area contributed by atoms with E-state index in [4.69, 9.17) is 0 Å². The third kappa shape index (κ3) is 2.55. The molecule has 0 radical (unpaired) electrons. The molecule has 0 N–H and O–H groups in total. The van der Waals surface area contributed by atoms with Crippen LogP contribution in [0.2, 0.25) is 0 Å². The van der Waals surface area contributed by atoms with Crippen LogP contribution in [0.25, 0.3) is 0 Å². The molecular formula is C12H18N2. The van der Waals surface area contributed by atoms with Gasteiger partial charge < -0.3 is 4.90 Å². The first-order chi connectivity index (χ1) is 6.84. The van der Waals surface area contributed by atoms with Crippen LogP contribution >= 0.6 is 0 Å². The molecule has 2 rings (SSSR count). The zero-order valence-electron chi connectivity index (χ0n) is 8.82. The molecule has 1 saturated heterocycles. The van der Waals surface area contributed by atoms with Gasteiger partial charge in [0.2, 0.25) is 0 Å². The van der Waals surface area contributed by atoms with Crippen molar-refractivity contribution in [2.45, 2.75) is 19.3 Å². The van der Waals surface area contributed by atoms with Gasteiger partial charge in [-0.05, 0) is 50.9 Å². The Morgan fingerprint density at radius 3 is 3.07 bits per heavy atom. The number of hydrogen-bond acceptors (Lipinski definition) is 2. The number of aryl methyl sites for hydroxylation is 1. The van der Waals surface area contributed by atoms with Crippen molar-refractivity contribution < 1.29 is 0 Å². The maximum atomic E-state index is 4.35. The molecule has 1 aromatic rings. The highest BCUT2D eigenvalue weighted by atomic mass is 15.1. The van der Waals surface area contributed by atoms with Crippen molar-refractivity contribution in [3.05, 3.63) is 30.1 Å². The molecule has 76 valence electrons. The summed E-state index contributed by atoms with van der Waals surface area (Å²) in [6, 6.07) is 6.18. The summed E-state index contributed by atoms with van der Waals surface area (Å²) in [6.07, 6.45) is 5.68. The van der Waals surface area contributed by atoms with Gasteiger partial charge in [0.05, 0.1) is 0 Å². The second-order valence-corrected chi connectivity index (χ2v) is 4.28. The second-order valence-electron chi connectivity index (χ2n) is 4.28. The SMILES string of the molecule is CN1CCC(CCc2ccccn2)C1. The van der Waals surface area contributed by atoms with Crippen LogP contribution in [-0.2, 0) is 6.42 Å². The fraction of sp³-hybridized carbons (Fsp3) is 0.583. The quantitative estimate of drug-likeness (QED) is 0.724. The minimum atomic E-state index is 0.891. The first kappa shape index (κ1) is 9.66. The van der Waals surface area contributed by atoms with Crippen molar-refractivity contribution in [1.29, 1.82) is 0 Å². The standard InChI is InChI=1S/C12H18N2/c1-14-9-7-11(10-14)5-6-12-4-2-3-8-13-12/h2-4,8,11H,5-7,9-10H2,1H3. The van der Waals surface area contributed by atoms with Crippen LogP contribution in [0.3, 0.4) is 0 Å². The summed E-state index contributed by atoms with van der Waals surface area (Å²) >= 11 is 0. The summed E-state index contributed by atoms with van der Waals surface area (Å²) in [7, 11) is 2.21. The van der Waals surface area contributed by atoms with Crippen LogP contribution in [0.5, 0.6) is 0 Å². The Bertz CT molecular complexity index is 271. The number of pyridine rings is 1. The van der Waals surface area contributed by atoms with E-state index in [1.54, 1.807) is 0 Å². The van der Waals surface area contributed by atoms with Gasteiger partial charge in [-0.3, -0.25) is 4.98 Å². The van der Waals surface area contributed by atoms with Gasteiger partial charge in [0, 0.05) is 18.4 Å². The molecule has 1 unspecified atom stereocenters. The van der Waals surface area contributed by atoms with Gasteiger partial charge in [0.25, 0.3) is 0 Å². The van der Waals surface area contributed by atoms with E-state index in [2.05, 4.69) is 29.1 Å². The zero-order chi connectivity index (χ0) is 9.80. The Morgan fingerprint density at radius 1 is 1.50 bits per heavy atom. The molecule has 1 fully saturated rings. The van der Waals surface area contributed by atoms with Gasteiger partial charge in [-0.15, -0.1) is 0 Å². The fourth-order valence-electron chi connectivity index (χ4n) is 2.16. The molecule has 1 aliphatic rings. The monoisotopic (exact) mass is 190 g/mol. The van der Waals surface area contributed by atoms with Crippen molar-refractivity contribution in [3.63, 3.8) is 0 Å². The van der Waals surface area contributed by atoms with Crippen molar-refractivity contribution in [1.82, 2.24) is 9.88 Å². The molecule has 0 spiro atoms. The lowest BCUT2D eigenvalue weighted by Gasteiger charge is -2.09. The first-order valence-electron chi connectivity index (χ1n) is 5.43. The van der Waals surface area contributed by atoms with Crippen LogP contribution in [0.1, 0.15) is 18.5 Å². The van der Waals surface area contributed by atoms with E-state index in [0.29, 0.717) is 0 Å². The van der Waals surface area contributed by atoms with Gasteiger partial charge in [-0.1, -0.05) is 6.07 Å². The minimum Gasteiger partial charge on any atom is -0.306 e. The number of rotatable bonds is 3. The molecule has 0 bridgehead atoms. The number of nitrogens with zero attached hydrogens (tertiary/aromatic N) is 2. The number of likely N-dealkylation sites (tertiary alicyclic amines) is 1. The van der Waals surface area contributed by atoms with E-state index < -0.39 is 0 Å². The third-order valence-corrected chi connectivity index (χ3v) is 3.02. The zero-order valence-corrected chi connectivity index (χ0v) is 8.82. The molecule has 0 aliphatic carbocycles. The van der Waals surface area contributed by atoms with Crippen molar-refractivity contribution in [2.75, 3.05) is 20.1 Å². The molecule has 2 heteroatoms. The third-order valence-electron chi connectivity index (χ3n) is 3.02. The van der Waals surface area contributed by atoms with Gasteiger partial charge in [-0.2, -0.15) is 0 Å². The normalized spacial score (nSPS) is 22.8. The predicted molar refractivity (Wildman–Crippen MR) is 58.2 cm³/mol. The van der Waals surface area contributed by atoms with Gasteiger partial charge in [0.1, 0.15) is 0 Å². The molecule has 14 heavy (non-hydrogen) atoms. The Labute approximate surface area is 86.0 Å². The predicted octanol–water partition coefficient (Wildman–Crippen LogP) is 1.97. The van der Waals surface area contributed by atoms with E-state index in [9.17, 15) is 0 Å². The summed E-state index contributed by atoms with van der Waals surface area (Å²) in [5.74, 6) is 0.891. The molecule has 2 nitrogen and oxygen atoms in total. The maximum absolute atomic E-state index is 4.35. The maximum Gasteiger partial charge on any atom is 0.0403 e. The summed E-state index contributed by atoms with van der Waals surface area (Å²) in [5, 5.41) is 0. The van der Waals surface area contributed by atoms with Crippen LogP contribution in [0, 0.1) is 5.92 Å². The van der Waals surface area contributed by atoms with E-state index >= 15 is 0 Å². The largest absolute Gasteiger partial charge is 0.306 e. The highest BCUT2D eigenvalue weighted by Gasteiger charge is 2.18. The first-order valence-corrected chi connectivity index (χ1v) is 5.43. The fourth-order valence-corrected chi connectivity index (χ4v) is 2.16. The van der Waals surface area contributed by atoms with Crippen molar-refractivity contribution in [2.24, 2.45) is 5.92 Å². The van der Waals surface area contributed by atoms with E-state index in [0.717, 1.165) is 12.3 Å². The smallest absolute Gasteiger partial charge is 0.0403 e. The molecular weight excluding hydrogens is 172 g/mol. The minimum absolute atomic E-state index is 0.891. The topological polar surface area (TPSA) is 16.1 Å². The molecule has 0 aromatic carbocycles. The number of aromatic nitrogens is 1. The molecule has 1 aromatic heterocycles.